The van der Waals surface area contributed by atoms with Gasteiger partial charge in [0.1, 0.15) is 0 Å². The molecule has 0 fully saturated rings. The summed E-state index contributed by atoms with van der Waals surface area (Å²) >= 11 is 0. The Morgan fingerprint density at radius 3 is 2.62 bits per heavy atom. The molecule has 0 aromatic rings. The minimum atomic E-state index is -1.09. The Kier molecular flexibility index (Phi) is 2.49. The van der Waals surface area contributed by atoms with Crippen molar-refractivity contribution in [1.29, 1.82) is 0 Å². The summed E-state index contributed by atoms with van der Waals surface area (Å²) in [4.78, 5) is 9.76. The number of carboxylic acid groups (broad SMARTS) is 1. The first kappa shape index (κ1) is 6.83. The topological polar surface area (TPSA) is 49.3 Å². The number of hydrogen-bond donors (Lipinski definition) is 2. The number of nitrogens with one attached hydrogen (secondary N) is 1. The van der Waals surface area contributed by atoms with E-state index in [2.05, 4.69) is 11.2 Å². The van der Waals surface area contributed by atoms with Crippen LogP contribution in [0.4, 0.5) is 4.79 Å². The number of terminal acetylenes is 1. The van der Waals surface area contributed by atoms with Crippen molar-refractivity contribution in [3.8, 4) is 12.3 Å². The van der Waals surface area contributed by atoms with Crippen LogP contribution in [-0.4, -0.2) is 17.2 Å². The van der Waals surface area contributed by atoms with E-state index in [1.165, 1.54) is 0 Å². The average molecular weight is 113 g/mol. The monoisotopic (exact) mass is 113 g/mol. The average Bonchev–Trinajstić information content (AvgIpc) is 1.65. The highest BCUT2D eigenvalue weighted by Gasteiger charge is 1.97. The van der Waals surface area contributed by atoms with Crippen LogP contribution in [0.3, 0.4) is 0 Å². The molecule has 0 aromatic carbocycles. The van der Waals surface area contributed by atoms with Gasteiger partial charge in [-0.1, -0.05) is 5.92 Å². The molecule has 0 aliphatic rings. The van der Waals surface area contributed by atoms with Gasteiger partial charge in [-0.2, -0.15) is 0 Å². The second-order valence-electron chi connectivity index (χ2n) is 1.34. The molecular weight excluding hydrogens is 106 g/mol. The molecule has 8 heavy (non-hydrogen) atoms. The quantitative estimate of drug-likeness (QED) is 0.480. The highest BCUT2D eigenvalue weighted by Crippen LogP contribution is 1.73. The Morgan fingerprint density at radius 1 is 2.00 bits per heavy atom. The predicted octanol–water partition coefficient (Wildman–Crippen LogP) is 0.276. The van der Waals surface area contributed by atoms with E-state index in [0.717, 1.165) is 0 Å². The Labute approximate surface area is 47.7 Å². The van der Waals surface area contributed by atoms with E-state index in [-0.39, 0.29) is 0 Å². The Hall–Kier alpha value is -1.17. The zero-order chi connectivity index (χ0) is 6.57. The van der Waals surface area contributed by atoms with Crippen molar-refractivity contribution < 1.29 is 9.90 Å². The van der Waals surface area contributed by atoms with E-state index >= 15 is 0 Å². The van der Waals surface area contributed by atoms with Gasteiger partial charge in [-0.25, -0.2) is 4.79 Å². The van der Waals surface area contributed by atoms with Crippen LogP contribution in [-0.2, 0) is 0 Å². The molecule has 0 rings (SSSR count). The predicted molar refractivity (Wildman–Crippen MR) is 29.5 cm³/mol. The third kappa shape index (κ3) is 3.04. The van der Waals surface area contributed by atoms with Crippen LogP contribution in [0.15, 0.2) is 0 Å². The largest absolute Gasteiger partial charge is 0.465 e. The van der Waals surface area contributed by atoms with E-state index < -0.39 is 12.1 Å². The van der Waals surface area contributed by atoms with Crippen LogP contribution in [0.1, 0.15) is 6.92 Å². The van der Waals surface area contributed by atoms with Crippen LogP contribution < -0.4 is 5.32 Å². The lowest BCUT2D eigenvalue weighted by Crippen LogP contribution is -2.29. The summed E-state index contributed by atoms with van der Waals surface area (Å²) in [5.41, 5.74) is 0. The normalized spacial score (nSPS) is 11.5. The summed E-state index contributed by atoms with van der Waals surface area (Å²) in [6.45, 7) is 1.59. The third-order valence-corrected chi connectivity index (χ3v) is 0.590. The second-order valence-corrected chi connectivity index (χ2v) is 1.34. The summed E-state index contributed by atoms with van der Waals surface area (Å²) in [5, 5.41) is 10.1. The molecule has 0 saturated heterocycles. The van der Waals surface area contributed by atoms with Gasteiger partial charge in [0.05, 0.1) is 6.04 Å². The van der Waals surface area contributed by atoms with E-state index in [9.17, 15) is 4.79 Å². The summed E-state index contributed by atoms with van der Waals surface area (Å²) in [6.07, 6.45) is 3.76. The molecule has 1 amide bonds. The van der Waals surface area contributed by atoms with Crippen molar-refractivity contribution >= 4 is 6.09 Å². The Bertz CT molecular complexity index is 125. The molecule has 1 atom stereocenters. The summed E-state index contributed by atoms with van der Waals surface area (Å²) < 4.78 is 0. The molecule has 0 radical (unpaired) electrons. The fraction of sp³-hybridized carbons (Fsp3) is 0.400. The fourth-order valence-electron chi connectivity index (χ4n) is 0.227. The molecule has 3 heteroatoms. The van der Waals surface area contributed by atoms with Crippen molar-refractivity contribution in [2.24, 2.45) is 0 Å². The number of rotatable bonds is 1. The molecule has 0 heterocycles. The summed E-state index contributed by atoms with van der Waals surface area (Å²) in [6, 6.07) is -0.396. The molecule has 0 unspecified atom stereocenters. The first-order valence-electron chi connectivity index (χ1n) is 2.12. The fourth-order valence-corrected chi connectivity index (χ4v) is 0.227. The van der Waals surface area contributed by atoms with Gasteiger partial charge in [0.2, 0.25) is 0 Å². The van der Waals surface area contributed by atoms with Crippen LogP contribution in [0.5, 0.6) is 0 Å². The maximum absolute atomic E-state index is 9.76. The van der Waals surface area contributed by atoms with Crippen LogP contribution >= 0.6 is 0 Å². The highest BCUT2D eigenvalue weighted by atomic mass is 16.4. The zero-order valence-corrected chi connectivity index (χ0v) is 4.51. The van der Waals surface area contributed by atoms with Gasteiger partial charge in [0.25, 0.3) is 0 Å². The van der Waals surface area contributed by atoms with Gasteiger partial charge in [0.15, 0.2) is 0 Å². The zero-order valence-electron chi connectivity index (χ0n) is 4.51. The van der Waals surface area contributed by atoms with E-state index in [1.807, 2.05) is 0 Å². The standard InChI is InChI=1S/C5H7NO2/c1-3-4(2)6-5(7)8/h1,4,6H,2H3,(H,7,8)/t4-/m1/s1. The molecule has 0 aromatic heterocycles. The first-order valence-corrected chi connectivity index (χ1v) is 2.12. The minimum absolute atomic E-state index is 0.396. The molecule has 0 spiro atoms. The van der Waals surface area contributed by atoms with E-state index in [0.29, 0.717) is 0 Å². The molecule has 0 bridgehead atoms. The molecule has 3 nitrogen and oxygen atoms in total. The smallest absolute Gasteiger partial charge is 0.405 e. The van der Waals surface area contributed by atoms with Crippen molar-refractivity contribution in [2.45, 2.75) is 13.0 Å². The maximum atomic E-state index is 9.76. The van der Waals surface area contributed by atoms with Gasteiger partial charge in [-0.3, -0.25) is 0 Å². The van der Waals surface area contributed by atoms with Crippen molar-refractivity contribution in [1.82, 2.24) is 5.32 Å². The minimum Gasteiger partial charge on any atom is -0.465 e. The van der Waals surface area contributed by atoms with Crippen molar-refractivity contribution in [3.63, 3.8) is 0 Å². The van der Waals surface area contributed by atoms with Gasteiger partial charge in [-0.15, -0.1) is 6.42 Å². The molecule has 2 N–H and O–H groups in total. The molecule has 0 aliphatic heterocycles. The molecular formula is C5H7NO2. The second kappa shape index (κ2) is 2.92. The highest BCUT2D eigenvalue weighted by molar-refractivity contribution is 5.65. The van der Waals surface area contributed by atoms with E-state index in [4.69, 9.17) is 11.5 Å². The first-order chi connectivity index (χ1) is 3.66. The van der Waals surface area contributed by atoms with E-state index in [1.54, 1.807) is 6.92 Å². The number of carbonyl (C=O) groups is 1. The Balaban J connectivity index is 3.43. The van der Waals surface area contributed by atoms with Gasteiger partial charge in [0, 0.05) is 0 Å². The van der Waals surface area contributed by atoms with Gasteiger partial charge < -0.3 is 10.4 Å². The third-order valence-electron chi connectivity index (χ3n) is 0.590. The number of amides is 1. The molecule has 44 valence electrons. The SMILES string of the molecule is C#C[C@@H](C)NC(=O)O. The van der Waals surface area contributed by atoms with Gasteiger partial charge in [-0.05, 0) is 6.92 Å². The Morgan fingerprint density at radius 2 is 2.50 bits per heavy atom. The van der Waals surface area contributed by atoms with Crippen LogP contribution in [0.2, 0.25) is 0 Å². The van der Waals surface area contributed by atoms with Crippen LogP contribution in [0, 0.1) is 12.3 Å². The maximum Gasteiger partial charge on any atom is 0.405 e. The lowest BCUT2D eigenvalue weighted by molar-refractivity contribution is 0.193. The molecule has 0 aliphatic carbocycles. The molecule has 0 saturated carbocycles. The summed E-state index contributed by atoms with van der Waals surface area (Å²) in [5.74, 6) is 2.20. The van der Waals surface area contributed by atoms with Crippen LogP contribution in [0.25, 0.3) is 0 Å². The van der Waals surface area contributed by atoms with Gasteiger partial charge >= 0.3 is 6.09 Å². The lowest BCUT2D eigenvalue weighted by atomic mass is 10.4. The van der Waals surface area contributed by atoms with Crippen molar-refractivity contribution in [2.75, 3.05) is 0 Å². The summed E-state index contributed by atoms with van der Waals surface area (Å²) in [7, 11) is 0. The number of hydrogen-bond acceptors (Lipinski definition) is 1. The van der Waals surface area contributed by atoms with Crippen molar-refractivity contribution in [3.05, 3.63) is 0 Å². The lowest BCUT2D eigenvalue weighted by Gasteiger charge is -1.99.